The molecule has 0 amide bonds. The SMILES string of the molecule is CCCNC(C)(CO)CC(C)N(C)C(C)C(C)(C)C. The van der Waals surface area contributed by atoms with Crippen LogP contribution in [-0.4, -0.2) is 47.8 Å². The van der Waals surface area contributed by atoms with Crippen LogP contribution in [0.2, 0.25) is 0 Å². The standard InChI is InChI=1S/C16H36N2O/c1-9-10-17-16(7,12-19)11-13(2)18(8)14(3)15(4,5)6/h13-14,17,19H,9-12H2,1-8H3. The van der Waals surface area contributed by atoms with Crippen molar-refractivity contribution in [3.05, 3.63) is 0 Å². The zero-order chi connectivity index (χ0) is 15.3. The Morgan fingerprint density at radius 2 is 1.68 bits per heavy atom. The molecule has 0 aliphatic heterocycles. The van der Waals surface area contributed by atoms with Crippen molar-refractivity contribution in [3.8, 4) is 0 Å². The molecule has 19 heavy (non-hydrogen) atoms. The molecule has 0 aliphatic carbocycles. The van der Waals surface area contributed by atoms with Crippen LogP contribution in [0.1, 0.15) is 61.3 Å². The molecule has 0 aromatic rings. The van der Waals surface area contributed by atoms with Crippen LogP contribution in [0.3, 0.4) is 0 Å². The van der Waals surface area contributed by atoms with Crippen molar-refractivity contribution in [2.75, 3.05) is 20.2 Å². The molecule has 3 atom stereocenters. The van der Waals surface area contributed by atoms with Gasteiger partial charge in [0.2, 0.25) is 0 Å². The van der Waals surface area contributed by atoms with Gasteiger partial charge < -0.3 is 15.3 Å². The van der Waals surface area contributed by atoms with Crippen molar-refractivity contribution in [2.24, 2.45) is 5.41 Å². The third-order valence-electron chi connectivity index (χ3n) is 4.46. The molecule has 0 spiro atoms. The molecule has 0 bridgehead atoms. The van der Waals surface area contributed by atoms with Gasteiger partial charge in [-0.1, -0.05) is 27.7 Å². The molecule has 3 unspecified atom stereocenters. The predicted octanol–water partition coefficient (Wildman–Crippen LogP) is 2.88. The molecule has 116 valence electrons. The number of hydrogen-bond acceptors (Lipinski definition) is 3. The molecule has 3 heteroatoms. The van der Waals surface area contributed by atoms with Crippen LogP contribution < -0.4 is 5.32 Å². The van der Waals surface area contributed by atoms with Gasteiger partial charge in [-0.15, -0.1) is 0 Å². The third-order valence-corrected chi connectivity index (χ3v) is 4.46. The first-order chi connectivity index (χ1) is 8.57. The Balaban J connectivity index is 4.60. The van der Waals surface area contributed by atoms with Gasteiger partial charge >= 0.3 is 0 Å². The second kappa shape index (κ2) is 7.61. The van der Waals surface area contributed by atoms with Gasteiger partial charge in [0, 0.05) is 17.6 Å². The fraction of sp³-hybridized carbons (Fsp3) is 1.00. The van der Waals surface area contributed by atoms with Crippen molar-refractivity contribution >= 4 is 0 Å². The topological polar surface area (TPSA) is 35.5 Å². The average molecular weight is 272 g/mol. The van der Waals surface area contributed by atoms with Gasteiger partial charge in [-0.25, -0.2) is 0 Å². The lowest BCUT2D eigenvalue weighted by atomic mass is 9.85. The van der Waals surface area contributed by atoms with Crippen LogP contribution in [0.15, 0.2) is 0 Å². The zero-order valence-corrected chi connectivity index (χ0v) is 14.4. The lowest BCUT2D eigenvalue weighted by Gasteiger charge is -2.42. The molecular weight excluding hydrogens is 236 g/mol. The summed E-state index contributed by atoms with van der Waals surface area (Å²) in [6.45, 7) is 16.8. The van der Waals surface area contributed by atoms with Gasteiger partial charge in [-0.2, -0.15) is 0 Å². The van der Waals surface area contributed by atoms with Gasteiger partial charge in [-0.05, 0) is 52.6 Å². The molecular formula is C16H36N2O. The highest BCUT2D eigenvalue weighted by Gasteiger charge is 2.31. The highest BCUT2D eigenvalue weighted by atomic mass is 16.3. The molecule has 0 saturated carbocycles. The summed E-state index contributed by atoms with van der Waals surface area (Å²) in [5.41, 5.74) is 0.0940. The maximum atomic E-state index is 9.66. The van der Waals surface area contributed by atoms with E-state index in [4.69, 9.17) is 0 Å². The van der Waals surface area contributed by atoms with Gasteiger partial charge in [0.05, 0.1) is 6.61 Å². The summed E-state index contributed by atoms with van der Waals surface area (Å²) < 4.78 is 0. The summed E-state index contributed by atoms with van der Waals surface area (Å²) in [5.74, 6) is 0. The number of rotatable bonds is 8. The maximum Gasteiger partial charge on any atom is 0.0611 e. The van der Waals surface area contributed by atoms with Crippen LogP contribution in [0, 0.1) is 5.41 Å². The second-order valence-electron chi connectivity index (χ2n) is 7.41. The van der Waals surface area contributed by atoms with Crippen LogP contribution in [0.5, 0.6) is 0 Å². The Labute approximate surface area is 120 Å². The monoisotopic (exact) mass is 272 g/mol. The molecule has 0 aliphatic rings. The Hall–Kier alpha value is -0.120. The Morgan fingerprint density at radius 3 is 2.05 bits per heavy atom. The largest absolute Gasteiger partial charge is 0.394 e. The molecule has 0 fully saturated rings. The maximum absolute atomic E-state index is 9.66. The quantitative estimate of drug-likeness (QED) is 0.713. The molecule has 3 nitrogen and oxygen atoms in total. The van der Waals surface area contributed by atoms with Crippen LogP contribution in [0.4, 0.5) is 0 Å². The minimum atomic E-state index is -0.179. The minimum Gasteiger partial charge on any atom is -0.394 e. The third kappa shape index (κ3) is 6.24. The second-order valence-corrected chi connectivity index (χ2v) is 7.41. The summed E-state index contributed by atoms with van der Waals surface area (Å²) in [6, 6.07) is 0.951. The molecule has 0 rings (SSSR count). The zero-order valence-electron chi connectivity index (χ0n) is 14.4. The summed E-state index contributed by atoms with van der Waals surface area (Å²) in [7, 11) is 2.19. The van der Waals surface area contributed by atoms with E-state index in [1.54, 1.807) is 0 Å². The minimum absolute atomic E-state index is 0.179. The molecule has 0 radical (unpaired) electrons. The fourth-order valence-electron chi connectivity index (χ4n) is 2.41. The first-order valence-electron chi connectivity index (χ1n) is 7.65. The first kappa shape index (κ1) is 18.9. The highest BCUT2D eigenvalue weighted by molar-refractivity contribution is 4.89. The Bertz CT molecular complexity index is 250. The number of hydrogen-bond donors (Lipinski definition) is 2. The van der Waals surface area contributed by atoms with E-state index in [9.17, 15) is 5.11 Å². The number of aliphatic hydroxyl groups is 1. The van der Waals surface area contributed by atoms with Gasteiger partial charge in [0.25, 0.3) is 0 Å². The molecule has 0 aromatic carbocycles. The predicted molar refractivity (Wildman–Crippen MR) is 84.5 cm³/mol. The Kier molecular flexibility index (Phi) is 7.56. The van der Waals surface area contributed by atoms with E-state index in [1.165, 1.54) is 0 Å². The van der Waals surface area contributed by atoms with Crippen molar-refractivity contribution in [2.45, 2.75) is 78.9 Å². The van der Waals surface area contributed by atoms with Gasteiger partial charge in [-0.3, -0.25) is 0 Å². The molecule has 0 aromatic heterocycles. The molecule has 0 heterocycles. The van der Waals surface area contributed by atoms with Crippen molar-refractivity contribution in [3.63, 3.8) is 0 Å². The Morgan fingerprint density at radius 1 is 1.16 bits per heavy atom. The lowest BCUT2D eigenvalue weighted by Crippen LogP contribution is -2.52. The number of aliphatic hydroxyl groups excluding tert-OH is 1. The van der Waals surface area contributed by atoms with E-state index in [0.29, 0.717) is 12.1 Å². The average Bonchev–Trinajstić information content (AvgIpc) is 2.33. The summed E-state index contributed by atoms with van der Waals surface area (Å²) in [6.07, 6.45) is 2.05. The van der Waals surface area contributed by atoms with Crippen LogP contribution in [0.25, 0.3) is 0 Å². The van der Waals surface area contributed by atoms with Crippen molar-refractivity contribution < 1.29 is 5.11 Å². The summed E-state index contributed by atoms with van der Waals surface area (Å²) >= 11 is 0. The van der Waals surface area contributed by atoms with E-state index in [-0.39, 0.29) is 17.6 Å². The van der Waals surface area contributed by atoms with Gasteiger partial charge in [0.15, 0.2) is 0 Å². The lowest BCUT2D eigenvalue weighted by molar-refractivity contribution is 0.0702. The van der Waals surface area contributed by atoms with E-state index in [2.05, 4.69) is 65.7 Å². The van der Waals surface area contributed by atoms with Crippen LogP contribution in [-0.2, 0) is 0 Å². The first-order valence-corrected chi connectivity index (χ1v) is 7.65. The van der Waals surface area contributed by atoms with E-state index < -0.39 is 0 Å². The number of nitrogens with one attached hydrogen (secondary N) is 1. The highest BCUT2D eigenvalue weighted by Crippen LogP contribution is 2.26. The van der Waals surface area contributed by atoms with E-state index >= 15 is 0 Å². The van der Waals surface area contributed by atoms with E-state index in [0.717, 1.165) is 19.4 Å². The van der Waals surface area contributed by atoms with Crippen molar-refractivity contribution in [1.82, 2.24) is 10.2 Å². The smallest absolute Gasteiger partial charge is 0.0611 e. The number of nitrogens with zero attached hydrogens (tertiary/aromatic N) is 1. The molecule has 0 saturated heterocycles. The van der Waals surface area contributed by atoms with Crippen molar-refractivity contribution in [1.29, 1.82) is 0 Å². The summed E-state index contributed by atoms with van der Waals surface area (Å²) in [4.78, 5) is 2.43. The van der Waals surface area contributed by atoms with Crippen LogP contribution >= 0.6 is 0 Å². The van der Waals surface area contributed by atoms with E-state index in [1.807, 2.05) is 0 Å². The summed E-state index contributed by atoms with van der Waals surface area (Å²) in [5, 5.41) is 13.1. The molecule has 2 N–H and O–H groups in total. The van der Waals surface area contributed by atoms with Gasteiger partial charge in [0.1, 0.15) is 0 Å². The fourth-order valence-corrected chi connectivity index (χ4v) is 2.41. The normalized spacial score (nSPS) is 19.3.